The number of carbonyl (C=O) groups excluding carboxylic acids is 2. The van der Waals surface area contributed by atoms with E-state index in [2.05, 4.69) is 6.92 Å². The van der Waals surface area contributed by atoms with E-state index in [9.17, 15) is 9.59 Å². The van der Waals surface area contributed by atoms with Crippen molar-refractivity contribution in [1.29, 1.82) is 0 Å². The third kappa shape index (κ3) is 4.32. The van der Waals surface area contributed by atoms with Crippen LogP contribution in [0.4, 0.5) is 0 Å². The van der Waals surface area contributed by atoms with Crippen LogP contribution in [0.25, 0.3) is 0 Å². The van der Waals surface area contributed by atoms with Gasteiger partial charge in [0.2, 0.25) is 0 Å². The van der Waals surface area contributed by atoms with Crippen LogP contribution in [0.15, 0.2) is 0 Å². The van der Waals surface area contributed by atoms with Crippen molar-refractivity contribution >= 4 is 11.8 Å². The van der Waals surface area contributed by atoms with Gasteiger partial charge in [0, 0.05) is 6.42 Å². The summed E-state index contributed by atoms with van der Waals surface area (Å²) < 4.78 is 4.90. The second-order valence-corrected chi connectivity index (χ2v) is 5.72. The van der Waals surface area contributed by atoms with Crippen LogP contribution in [0.3, 0.4) is 0 Å². The van der Waals surface area contributed by atoms with Crippen LogP contribution >= 0.6 is 0 Å². The van der Waals surface area contributed by atoms with E-state index in [1.807, 2.05) is 0 Å². The molecule has 1 rings (SSSR count). The molecule has 1 atom stereocenters. The zero-order chi connectivity index (χ0) is 14.1. The Balaban J connectivity index is 2.46. The van der Waals surface area contributed by atoms with Gasteiger partial charge < -0.3 is 4.74 Å². The molecule has 0 bridgehead atoms. The summed E-state index contributed by atoms with van der Waals surface area (Å²) in [5, 5.41) is 0. The minimum Gasteiger partial charge on any atom is -0.468 e. The zero-order valence-corrected chi connectivity index (χ0v) is 12.5. The van der Waals surface area contributed by atoms with Crippen LogP contribution in [-0.4, -0.2) is 18.9 Å². The van der Waals surface area contributed by atoms with Crippen molar-refractivity contribution in [1.82, 2.24) is 0 Å². The van der Waals surface area contributed by atoms with Crippen molar-refractivity contribution in [3.05, 3.63) is 0 Å². The lowest BCUT2D eigenvalue weighted by Crippen LogP contribution is -2.42. The first-order chi connectivity index (χ1) is 9.17. The highest BCUT2D eigenvalue weighted by atomic mass is 16.5. The van der Waals surface area contributed by atoms with Gasteiger partial charge in [-0.2, -0.15) is 0 Å². The van der Waals surface area contributed by atoms with Crippen molar-refractivity contribution < 1.29 is 14.3 Å². The van der Waals surface area contributed by atoms with Gasteiger partial charge in [0.05, 0.1) is 7.11 Å². The minimum atomic E-state index is -0.808. The largest absolute Gasteiger partial charge is 0.468 e. The molecule has 0 amide bonds. The van der Waals surface area contributed by atoms with Crippen molar-refractivity contribution in [3.63, 3.8) is 0 Å². The molecule has 0 spiro atoms. The maximum atomic E-state index is 12.2. The van der Waals surface area contributed by atoms with Gasteiger partial charge in [0.15, 0.2) is 0 Å². The molecular weight excluding hydrogens is 240 g/mol. The van der Waals surface area contributed by atoms with Crippen LogP contribution in [-0.2, 0) is 14.3 Å². The summed E-state index contributed by atoms with van der Waals surface area (Å²) in [5.74, 6) is -0.190. The summed E-state index contributed by atoms with van der Waals surface area (Å²) in [6, 6.07) is 0. The predicted molar refractivity (Wildman–Crippen MR) is 75.9 cm³/mol. The first-order valence-electron chi connectivity index (χ1n) is 7.79. The maximum absolute atomic E-state index is 12.2. The molecule has 0 radical (unpaired) electrons. The summed E-state index contributed by atoms with van der Waals surface area (Å²) in [6.45, 7) is 2.20. The van der Waals surface area contributed by atoms with E-state index >= 15 is 0 Å². The molecule has 19 heavy (non-hydrogen) atoms. The molecule has 0 aromatic rings. The topological polar surface area (TPSA) is 43.4 Å². The minimum absolute atomic E-state index is 0.110. The lowest BCUT2D eigenvalue weighted by molar-refractivity contribution is -0.160. The van der Waals surface area contributed by atoms with E-state index < -0.39 is 5.41 Å². The number of ketones is 1. The smallest absolute Gasteiger partial charge is 0.319 e. The van der Waals surface area contributed by atoms with E-state index in [-0.39, 0.29) is 11.8 Å². The van der Waals surface area contributed by atoms with Crippen molar-refractivity contribution in [2.75, 3.05) is 7.11 Å². The van der Waals surface area contributed by atoms with Crippen LogP contribution < -0.4 is 0 Å². The van der Waals surface area contributed by atoms with Gasteiger partial charge in [-0.05, 0) is 19.3 Å². The van der Waals surface area contributed by atoms with E-state index in [1.54, 1.807) is 0 Å². The van der Waals surface area contributed by atoms with Gasteiger partial charge in [-0.25, -0.2) is 0 Å². The van der Waals surface area contributed by atoms with E-state index in [0.717, 1.165) is 25.7 Å². The molecule has 0 saturated heterocycles. The Bertz CT molecular complexity index is 288. The summed E-state index contributed by atoms with van der Waals surface area (Å²) >= 11 is 0. The van der Waals surface area contributed by atoms with Gasteiger partial charge in [-0.3, -0.25) is 9.59 Å². The third-order valence-electron chi connectivity index (χ3n) is 4.32. The second kappa shape index (κ2) is 8.34. The average molecular weight is 268 g/mol. The molecule has 0 aromatic heterocycles. The Kier molecular flexibility index (Phi) is 7.11. The summed E-state index contributed by atoms with van der Waals surface area (Å²) in [4.78, 5) is 24.2. The zero-order valence-electron chi connectivity index (χ0n) is 12.5. The normalized spacial score (nSPS) is 23.4. The highest BCUT2D eigenvalue weighted by molar-refractivity contribution is 6.04. The second-order valence-electron chi connectivity index (χ2n) is 5.72. The molecule has 110 valence electrons. The number of carbonyl (C=O) groups is 2. The van der Waals surface area contributed by atoms with Crippen LogP contribution in [0.5, 0.6) is 0 Å². The molecule has 0 N–H and O–H groups in total. The fourth-order valence-electron chi connectivity index (χ4n) is 3.08. The highest BCUT2D eigenvalue weighted by Gasteiger charge is 2.46. The molecule has 0 unspecified atom stereocenters. The molecule has 3 heteroatoms. The third-order valence-corrected chi connectivity index (χ3v) is 4.32. The van der Waals surface area contributed by atoms with Gasteiger partial charge in [-0.1, -0.05) is 51.9 Å². The number of methoxy groups -OCH3 is 1. The Morgan fingerprint density at radius 3 is 2.47 bits per heavy atom. The Morgan fingerprint density at radius 2 is 1.84 bits per heavy atom. The van der Waals surface area contributed by atoms with Crippen molar-refractivity contribution in [2.24, 2.45) is 5.41 Å². The molecule has 0 aliphatic heterocycles. The summed E-state index contributed by atoms with van der Waals surface area (Å²) in [5.41, 5.74) is -0.808. The number of ether oxygens (including phenoxy) is 1. The van der Waals surface area contributed by atoms with E-state index in [4.69, 9.17) is 4.74 Å². The number of rotatable bonds is 8. The number of unbranched alkanes of at least 4 members (excludes halogenated alkanes) is 5. The maximum Gasteiger partial charge on any atom is 0.319 e. The quantitative estimate of drug-likeness (QED) is 0.379. The monoisotopic (exact) mass is 268 g/mol. The SMILES string of the molecule is CCCCCCCC[C@]1(C(=O)OC)CCCCC1=O. The van der Waals surface area contributed by atoms with Gasteiger partial charge in [0.1, 0.15) is 11.2 Å². The van der Waals surface area contributed by atoms with Crippen LogP contribution in [0.2, 0.25) is 0 Å². The van der Waals surface area contributed by atoms with Crippen LogP contribution in [0.1, 0.15) is 77.6 Å². The lowest BCUT2D eigenvalue weighted by Gasteiger charge is -2.33. The molecule has 0 heterocycles. The summed E-state index contributed by atoms with van der Waals surface area (Å²) in [7, 11) is 1.40. The number of hydrogen-bond donors (Lipinski definition) is 0. The molecule has 1 fully saturated rings. The number of Topliss-reactive ketones (excluding diaryl/α,β-unsaturated/α-hetero) is 1. The summed E-state index contributed by atoms with van der Waals surface area (Å²) in [6.07, 6.45) is 10.9. The Morgan fingerprint density at radius 1 is 1.16 bits per heavy atom. The predicted octanol–water partition coefficient (Wildman–Crippen LogP) is 4.04. The lowest BCUT2D eigenvalue weighted by atomic mass is 9.70. The number of esters is 1. The average Bonchev–Trinajstić information content (AvgIpc) is 2.44. The first-order valence-corrected chi connectivity index (χ1v) is 7.79. The Hall–Kier alpha value is -0.860. The van der Waals surface area contributed by atoms with E-state index in [0.29, 0.717) is 19.3 Å². The molecular formula is C16H28O3. The van der Waals surface area contributed by atoms with Gasteiger partial charge in [-0.15, -0.1) is 0 Å². The Labute approximate surface area is 117 Å². The molecule has 1 saturated carbocycles. The molecule has 1 aliphatic rings. The van der Waals surface area contributed by atoms with Crippen molar-refractivity contribution in [2.45, 2.75) is 77.6 Å². The molecule has 1 aliphatic carbocycles. The fourth-order valence-corrected chi connectivity index (χ4v) is 3.08. The van der Waals surface area contributed by atoms with Crippen LogP contribution in [0, 0.1) is 5.41 Å². The standard InChI is InChI=1S/C16H28O3/c1-3-4-5-6-7-9-12-16(15(18)19-2)13-10-8-11-14(16)17/h3-13H2,1-2H3/t16-/m0/s1. The van der Waals surface area contributed by atoms with E-state index in [1.165, 1.54) is 32.8 Å². The van der Waals surface area contributed by atoms with Crippen molar-refractivity contribution in [3.8, 4) is 0 Å². The fraction of sp³-hybridized carbons (Fsp3) is 0.875. The highest BCUT2D eigenvalue weighted by Crippen LogP contribution is 2.39. The first kappa shape index (κ1) is 16.2. The van der Waals surface area contributed by atoms with Gasteiger partial charge in [0.25, 0.3) is 0 Å². The van der Waals surface area contributed by atoms with Gasteiger partial charge >= 0.3 is 5.97 Å². The molecule has 0 aromatic carbocycles. The number of hydrogen-bond acceptors (Lipinski definition) is 3. The molecule has 3 nitrogen and oxygen atoms in total.